The van der Waals surface area contributed by atoms with Crippen LogP contribution in [0, 0.1) is 0 Å². The van der Waals surface area contributed by atoms with Crippen molar-refractivity contribution < 1.29 is 4.39 Å². The molecule has 1 aliphatic rings. The zero-order valence-corrected chi connectivity index (χ0v) is 14.0. The molecule has 0 heterocycles. The van der Waals surface area contributed by atoms with Crippen LogP contribution in [0.4, 0.5) is 4.39 Å². The van der Waals surface area contributed by atoms with Crippen molar-refractivity contribution in [1.82, 2.24) is 5.32 Å². The first-order chi connectivity index (χ1) is 10.5. The molecule has 1 aromatic rings. The number of hydrogen-bond donors (Lipinski definition) is 2. The van der Waals surface area contributed by atoms with Crippen LogP contribution in [-0.2, 0) is 0 Å². The highest BCUT2D eigenvalue weighted by Gasteiger charge is 2.28. The number of thioether (sulfide) groups is 1. The lowest BCUT2D eigenvalue weighted by atomic mass is 9.99. The van der Waals surface area contributed by atoms with Crippen LogP contribution >= 0.6 is 11.8 Å². The molecule has 0 aliphatic heterocycles. The molecule has 1 saturated carbocycles. The fraction of sp³-hybridized carbons (Fsp3) is 0.444. The van der Waals surface area contributed by atoms with Crippen molar-refractivity contribution in [3.05, 3.63) is 48.3 Å². The maximum absolute atomic E-state index is 13.3. The van der Waals surface area contributed by atoms with Gasteiger partial charge in [0, 0.05) is 28.4 Å². The molecule has 3 N–H and O–H groups in total. The summed E-state index contributed by atoms with van der Waals surface area (Å²) in [5.74, 6) is 0.158. The third-order valence-electron chi connectivity index (χ3n) is 4.08. The molecule has 0 saturated heterocycles. The summed E-state index contributed by atoms with van der Waals surface area (Å²) in [6.45, 7) is 6.67. The zero-order valence-electron chi connectivity index (χ0n) is 13.2. The van der Waals surface area contributed by atoms with Gasteiger partial charge in [-0.2, -0.15) is 0 Å². The van der Waals surface area contributed by atoms with E-state index in [-0.39, 0.29) is 17.9 Å². The summed E-state index contributed by atoms with van der Waals surface area (Å²) in [4.78, 5) is 1.05. The van der Waals surface area contributed by atoms with Crippen LogP contribution in [0.15, 0.2) is 47.6 Å². The van der Waals surface area contributed by atoms with Gasteiger partial charge in [-0.15, -0.1) is 11.8 Å². The van der Waals surface area contributed by atoms with Crippen LogP contribution in [0.25, 0.3) is 5.70 Å². The lowest BCUT2D eigenvalue weighted by Gasteiger charge is -2.28. The monoisotopic (exact) mass is 320 g/mol. The number of rotatable bonds is 7. The molecule has 120 valence electrons. The Morgan fingerprint density at radius 3 is 2.59 bits per heavy atom. The average Bonchev–Trinajstić information content (AvgIpc) is 2.92. The molecule has 2 nitrogen and oxygen atoms in total. The standard InChI is InChI=1S/C18H25FN2S/c1-14(21-18(2)10-3-4-11-18)15-5-7-17(8-6-15)22-13-16(19)9-12-20/h5-9,21H,1,3-4,10-13,20H2,2H3/b16-9-. The third kappa shape index (κ3) is 4.89. The summed E-state index contributed by atoms with van der Waals surface area (Å²) in [6, 6.07) is 8.11. The minimum Gasteiger partial charge on any atom is -0.380 e. The van der Waals surface area contributed by atoms with Crippen LogP contribution < -0.4 is 11.1 Å². The highest BCUT2D eigenvalue weighted by atomic mass is 32.2. The van der Waals surface area contributed by atoms with Crippen molar-refractivity contribution in [3.63, 3.8) is 0 Å². The highest BCUT2D eigenvalue weighted by molar-refractivity contribution is 7.99. The Morgan fingerprint density at radius 2 is 2.00 bits per heavy atom. The molecule has 2 rings (SSSR count). The second-order valence-corrected chi connectivity index (χ2v) is 7.12. The maximum Gasteiger partial charge on any atom is 0.107 e. The summed E-state index contributed by atoms with van der Waals surface area (Å²) in [6.07, 6.45) is 6.39. The Morgan fingerprint density at radius 1 is 1.36 bits per heavy atom. The van der Waals surface area contributed by atoms with Gasteiger partial charge in [-0.1, -0.05) is 31.6 Å². The van der Waals surface area contributed by atoms with Crippen molar-refractivity contribution in [2.75, 3.05) is 12.3 Å². The largest absolute Gasteiger partial charge is 0.380 e. The van der Waals surface area contributed by atoms with Gasteiger partial charge in [0.15, 0.2) is 0 Å². The fourth-order valence-electron chi connectivity index (χ4n) is 2.81. The Labute approximate surface area is 137 Å². The van der Waals surface area contributed by atoms with Crippen LogP contribution in [0.2, 0.25) is 0 Å². The second kappa shape index (κ2) is 7.84. The van der Waals surface area contributed by atoms with Gasteiger partial charge in [0.25, 0.3) is 0 Å². The summed E-state index contributed by atoms with van der Waals surface area (Å²) in [5.41, 5.74) is 7.53. The van der Waals surface area contributed by atoms with Crippen molar-refractivity contribution in [3.8, 4) is 0 Å². The number of nitrogens with two attached hydrogens (primary N) is 1. The highest BCUT2D eigenvalue weighted by Crippen LogP contribution is 2.31. The van der Waals surface area contributed by atoms with E-state index < -0.39 is 0 Å². The van der Waals surface area contributed by atoms with E-state index in [0.717, 1.165) is 16.2 Å². The van der Waals surface area contributed by atoms with Gasteiger partial charge in [0.05, 0.1) is 0 Å². The fourth-order valence-corrected chi connectivity index (χ4v) is 3.56. The van der Waals surface area contributed by atoms with E-state index in [1.54, 1.807) is 0 Å². The van der Waals surface area contributed by atoms with E-state index in [0.29, 0.717) is 5.75 Å². The average molecular weight is 320 g/mol. The Bertz CT molecular complexity index is 531. The van der Waals surface area contributed by atoms with Crippen LogP contribution in [0.1, 0.15) is 38.2 Å². The third-order valence-corrected chi connectivity index (χ3v) is 5.10. The van der Waals surface area contributed by atoms with Gasteiger partial charge in [-0.05, 0) is 43.5 Å². The Balaban J connectivity index is 1.91. The molecule has 1 aromatic carbocycles. The number of halogens is 1. The molecule has 0 atom stereocenters. The molecule has 1 aliphatic carbocycles. The van der Waals surface area contributed by atoms with Gasteiger partial charge in [-0.3, -0.25) is 0 Å². The lowest BCUT2D eigenvalue weighted by Crippen LogP contribution is -2.37. The first-order valence-corrected chi connectivity index (χ1v) is 8.76. The molecular formula is C18H25FN2S. The zero-order chi connectivity index (χ0) is 16.0. The van der Waals surface area contributed by atoms with Crippen molar-refractivity contribution >= 4 is 17.5 Å². The number of benzene rings is 1. The molecule has 0 amide bonds. The van der Waals surface area contributed by atoms with Gasteiger partial charge in [0.2, 0.25) is 0 Å². The normalized spacial score (nSPS) is 17.5. The molecular weight excluding hydrogens is 295 g/mol. The van der Waals surface area contributed by atoms with E-state index in [9.17, 15) is 4.39 Å². The molecule has 1 fully saturated rings. The molecule has 0 spiro atoms. The molecule has 0 unspecified atom stereocenters. The maximum atomic E-state index is 13.3. The summed E-state index contributed by atoms with van der Waals surface area (Å²) in [7, 11) is 0. The quantitative estimate of drug-likeness (QED) is 0.727. The lowest BCUT2D eigenvalue weighted by molar-refractivity contribution is 0.424. The van der Waals surface area contributed by atoms with Gasteiger partial charge >= 0.3 is 0 Å². The Hall–Kier alpha value is -1.26. The van der Waals surface area contributed by atoms with Crippen LogP contribution in [0.3, 0.4) is 0 Å². The minimum atomic E-state index is -0.170. The van der Waals surface area contributed by atoms with Gasteiger partial charge < -0.3 is 11.1 Å². The molecule has 4 heteroatoms. The van der Waals surface area contributed by atoms with Crippen molar-refractivity contribution in [2.24, 2.45) is 5.73 Å². The first kappa shape index (κ1) is 17.1. The predicted molar refractivity (Wildman–Crippen MR) is 94.5 cm³/mol. The van der Waals surface area contributed by atoms with E-state index in [4.69, 9.17) is 5.73 Å². The molecule has 0 aromatic heterocycles. The van der Waals surface area contributed by atoms with E-state index >= 15 is 0 Å². The summed E-state index contributed by atoms with van der Waals surface area (Å²) in [5, 5.41) is 3.57. The van der Waals surface area contributed by atoms with Crippen molar-refractivity contribution in [2.45, 2.75) is 43.0 Å². The Kier molecular flexibility index (Phi) is 6.09. The number of nitrogens with one attached hydrogen (secondary N) is 1. The van der Waals surface area contributed by atoms with Gasteiger partial charge in [0.1, 0.15) is 5.83 Å². The minimum absolute atomic E-state index is 0.170. The molecule has 0 radical (unpaired) electrons. The molecule has 0 bridgehead atoms. The smallest absolute Gasteiger partial charge is 0.107 e. The van der Waals surface area contributed by atoms with Crippen LogP contribution in [-0.4, -0.2) is 17.8 Å². The van der Waals surface area contributed by atoms with Gasteiger partial charge in [-0.25, -0.2) is 4.39 Å². The van der Waals surface area contributed by atoms with E-state index in [1.165, 1.54) is 43.5 Å². The SMILES string of the molecule is C=C(NC1(C)CCCC1)c1ccc(SC/C(F)=C/CN)cc1. The first-order valence-electron chi connectivity index (χ1n) is 7.77. The molecule has 22 heavy (non-hydrogen) atoms. The summed E-state index contributed by atoms with van der Waals surface area (Å²) >= 11 is 1.47. The number of hydrogen-bond acceptors (Lipinski definition) is 3. The topological polar surface area (TPSA) is 38.0 Å². The van der Waals surface area contributed by atoms with E-state index in [1.807, 2.05) is 24.3 Å². The second-order valence-electron chi connectivity index (χ2n) is 6.07. The summed E-state index contributed by atoms with van der Waals surface area (Å²) < 4.78 is 13.3. The van der Waals surface area contributed by atoms with Crippen LogP contribution in [0.5, 0.6) is 0 Å². The van der Waals surface area contributed by atoms with E-state index in [2.05, 4.69) is 18.8 Å². The predicted octanol–water partition coefficient (Wildman–Crippen LogP) is 4.48. The van der Waals surface area contributed by atoms with Crippen molar-refractivity contribution in [1.29, 1.82) is 0 Å².